The van der Waals surface area contributed by atoms with Crippen molar-refractivity contribution < 1.29 is 4.79 Å². The average Bonchev–Trinajstić information content (AvgIpc) is 3.30. The Morgan fingerprint density at radius 1 is 1.21 bits per heavy atom. The summed E-state index contributed by atoms with van der Waals surface area (Å²) in [4.78, 5) is 21.6. The van der Waals surface area contributed by atoms with E-state index in [4.69, 9.17) is 4.98 Å². The fraction of sp³-hybridized carbons (Fsp3) is 0.684. The molecule has 0 N–H and O–H groups in total. The summed E-state index contributed by atoms with van der Waals surface area (Å²) in [5.74, 6) is 2.20. The molecular weight excluding hydrogens is 300 g/mol. The van der Waals surface area contributed by atoms with Gasteiger partial charge in [-0.15, -0.1) is 0 Å². The molecule has 0 aromatic carbocycles. The molecule has 3 aliphatic rings. The van der Waals surface area contributed by atoms with Crippen LogP contribution in [0.25, 0.3) is 0 Å². The molecule has 130 valence electrons. The number of amides is 1. The van der Waals surface area contributed by atoms with E-state index in [1.165, 1.54) is 32.2 Å². The summed E-state index contributed by atoms with van der Waals surface area (Å²) >= 11 is 0. The van der Waals surface area contributed by atoms with Gasteiger partial charge in [-0.3, -0.25) is 9.69 Å². The van der Waals surface area contributed by atoms with Crippen LogP contribution in [0.15, 0.2) is 18.3 Å². The van der Waals surface area contributed by atoms with Gasteiger partial charge < -0.3 is 9.47 Å². The lowest BCUT2D eigenvalue weighted by Gasteiger charge is -2.35. The number of imidazole rings is 1. The van der Waals surface area contributed by atoms with E-state index >= 15 is 0 Å². The summed E-state index contributed by atoms with van der Waals surface area (Å²) in [6.07, 6.45) is 12.2. The highest BCUT2D eigenvalue weighted by atomic mass is 16.2. The lowest BCUT2D eigenvalue weighted by molar-refractivity contribution is -0.129. The summed E-state index contributed by atoms with van der Waals surface area (Å²) in [6, 6.07) is 0.358. The maximum atomic E-state index is 12.3. The Morgan fingerprint density at radius 2 is 1.96 bits per heavy atom. The van der Waals surface area contributed by atoms with Crippen molar-refractivity contribution in [1.82, 2.24) is 19.4 Å². The van der Waals surface area contributed by atoms with Crippen LogP contribution in [-0.2, 0) is 17.8 Å². The van der Waals surface area contributed by atoms with E-state index in [9.17, 15) is 4.79 Å². The molecule has 1 atom stereocenters. The molecule has 1 aromatic rings. The monoisotopic (exact) mass is 328 g/mol. The van der Waals surface area contributed by atoms with E-state index < -0.39 is 0 Å². The molecule has 2 aliphatic heterocycles. The third-order valence-electron chi connectivity index (χ3n) is 5.88. The first-order valence-corrected chi connectivity index (χ1v) is 9.43. The predicted molar refractivity (Wildman–Crippen MR) is 93.6 cm³/mol. The van der Waals surface area contributed by atoms with Crippen LogP contribution in [0.5, 0.6) is 0 Å². The lowest BCUT2D eigenvalue weighted by atomic mass is 10.1. The number of hydrogen-bond acceptors (Lipinski definition) is 3. The molecule has 5 heteroatoms. The fourth-order valence-corrected chi connectivity index (χ4v) is 4.40. The van der Waals surface area contributed by atoms with Crippen molar-refractivity contribution in [2.45, 2.75) is 51.6 Å². The molecule has 0 bridgehead atoms. The molecule has 1 unspecified atom stereocenters. The van der Waals surface area contributed by atoms with Gasteiger partial charge in [0.15, 0.2) is 0 Å². The standard InChI is InChI=1S/C19H28N4O/c1-15-19-20-17(12-18(24)21-8-4-5-9-21)14-23(19)11-10-22(15)13-16-6-2-3-7-16/h4-5,14-16H,2-3,6-13H2,1H3. The molecule has 1 aliphatic carbocycles. The van der Waals surface area contributed by atoms with Gasteiger partial charge >= 0.3 is 0 Å². The first-order valence-electron chi connectivity index (χ1n) is 9.43. The Bertz CT molecular complexity index is 621. The van der Waals surface area contributed by atoms with Crippen molar-refractivity contribution in [3.8, 4) is 0 Å². The van der Waals surface area contributed by atoms with Gasteiger partial charge in [0.2, 0.25) is 5.91 Å². The van der Waals surface area contributed by atoms with Crippen molar-refractivity contribution in [2.24, 2.45) is 5.92 Å². The summed E-state index contributed by atoms with van der Waals surface area (Å²) in [6.45, 7) is 7.07. The zero-order chi connectivity index (χ0) is 16.5. The van der Waals surface area contributed by atoms with Gasteiger partial charge in [0.05, 0.1) is 18.2 Å². The van der Waals surface area contributed by atoms with Crippen LogP contribution in [-0.4, -0.2) is 51.4 Å². The van der Waals surface area contributed by atoms with Gasteiger partial charge in [-0.2, -0.15) is 0 Å². The largest absolute Gasteiger partial charge is 0.335 e. The van der Waals surface area contributed by atoms with E-state index in [-0.39, 0.29) is 5.91 Å². The topological polar surface area (TPSA) is 41.4 Å². The Kier molecular flexibility index (Phi) is 4.44. The summed E-state index contributed by atoms with van der Waals surface area (Å²) in [7, 11) is 0. The van der Waals surface area contributed by atoms with Crippen molar-refractivity contribution >= 4 is 5.91 Å². The highest BCUT2D eigenvalue weighted by Crippen LogP contribution is 2.30. The predicted octanol–water partition coefficient (Wildman–Crippen LogP) is 2.39. The van der Waals surface area contributed by atoms with Crippen molar-refractivity contribution in [1.29, 1.82) is 0 Å². The van der Waals surface area contributed by atoms with Crippen LogP contribution in [0.3, 0.4) is 0 Å². The van der Waals surface area contributed by atoms with Crippen LogP contribution in [0.2, 0.25) is 0 Å². The quantitative estimate of drug-likeness (QED) is 0.797. The summed E-state index contributed by atoms with van der Waals surface area (Å²) in [5.41, 5.74) is 0.927. The van der Waals surface area contributed by atoms with E-state index in [2.05, 4.69) is 34.7 Å². The number of fused-ring (bicyclic) bond motifs is 1. The lowest BCUT2D eigenvalue weighted by Crippen LogP contribution is -2.39. The first kappa shape index (κ1) is 15.9. The number of nitrogens with zero attached hydrogens (tertiary/aromatic N) is 4. The van der Waals surface area contributed by atoms with Gasteiger partial charge in [0.25, 0.3) is 0 Å². The smallest absolute Gasteiger partial charge is 0.229 e. The number of aromatic nitrogens is 2. The van der Waals surface area contributed by atoms with Crippen molar-refractivity contribution in [3.63, 3.8) is 0 Å². The van der Waals surface area contributed by atoms with E-state index in [1.54, 1.807) is 0 Å². The Hall–Kier alpha value is -1.62. The van der Waals surface area contributed by atoms with Gasteiger partial charge in [-0.1, -0.05) is 25.0 Å². The molecule has 3 heterocycles. The van der Waals surface area contributed by atoms with Crippen LogP contribution in [0.4, 0.5) is 0 Å². The summed E-state index contributed by atoms with van der Waals surface area (Å²) < 4.78 is 2.26. The van der Waals surface area contributed by atoms with Gasteiger partial charge in [-0.25, -0.2) is 4.98 Å². The highest BCUT2D eigenvalue weighted by molar-refractivity contribution is 5.79. The van der Waals surface area contributed by atoms with Crippen LogP contribution < -0.4 is 0 Å². The number of carbonyl (C=O) groups excluding carboxylic acids is 1. The highest BCUT2D eigenvalue weighted by Gasteiger charge is 2.29. The normalized spacial score (nSPS) is 24.7. The maximum Gasteiger partial charge on any atom is 0.229 e. The zero-order valence-electron chi connectivity index (χ0n) is 14.7. The second kappa shape index (κ2) is 6.71. The van der Waals surface area contributed by atoms with Crippen LogP contribution in [0.1, 0.15) is 50.2 Å². The fourth-order valence-electron chi connectivity index (χ4n) is 4.40. The maximum absolute atomic E-state index is 12.3. The number of rotatable bonds is 4. The minimum Gasteiger partial charge on any atom is -0.335 e. The van der Waals surface area contributed by atoms with Crippen LogP contribution >= 0.6 is 0 Å². The minimum absolute atomic E-state index is 0.186. The third kappa shape index (κ3) is 3.14. The minimum atomic E-state index is 0.186. The number of hydrogen-bond donors (Lipinski definition) is 0. The molecule has 5 nitrogen and oxygen atoms in total. The van der Waals surface area contributed by atoms with E-state index in [0.717, 1.165) is 43.6 Å². The molecule has 0 saturated heterocycles. The molecule has 24 heavy (non-hydrogen) atoms. The molecule has 0 spiro atoms. The van der Waals surface area contributed by atoms with E-state index in [1.807, 2.05) is 4.90 Å². The van der Waals surface area contributed by atoms with Crippen molar-refractivity contribution in [2.75, 3.05) is 26.2 Å². The molecule has 1 saturated carbocycles. The Morgan fingerprint density at radius 3 is 2.71 bits per heavy atom. The van der Waals surface area contributed by atoms with E-state index in [0.29, 0.717) is 12.5 Å². The third-order valence-corrected chi connectivity index (χ3v) is 5.88. The number of carbonyl (C=O) groups is 1. The average molecular weight is 328 g/mol. The van der Waals surface area contributed by atoms with Crippen LogP contribution in [0, 0.1) is 5.92 Å². The van der Waals surface area contributed by atoms with Gasteiger partial charge in [-0.05, 0) is 25.7 Å². The molecule has 1 aromatic heterocycles. The zero-order valence-corrected chi connectivity index (χ0v) is 14.7. The molecular formula is C19H28N4O. The second-order valence-corrected chi connectivity index (χ2v) is 7.55. The molecule has 0 radical (unpaired) electrons. The molecule has 1 amide bonds. The Balaban J connectivity index is 1.41. The Labute approximate surface area is 144 Å². The summed E-state index contributed by atoms with van der Waals surface area (Å²) in [5, 5.41) is 0. The first-order chi connectivity index (χ1) is 11.7. The van der Waals surface area contributed by atoms with Gasteiger partial charge in [0, 0.05) is 38.9 Å². The molecule has 4 rings (SSSR count). The SMILES string of the molecule is CC1c2nc(CC(=O)N3CC=CC3)cn2CCN1CC1CCCC1. The molecule has 1 fully saturated rings. The van der Waals surface area contributed by atoms with Crippen molar-refractivity contribution in [3.05, 3.63) is 29.9 Å². The van der Waals surface area contributed by atoms with Gasteiger partial charge in [0.1, 0.15) is 5.82 Å². The second-order valence-electron chi connectivity index (χ2n) is 7.55.